The number of carbonyl (C=O) groups is 2. The Bertz CT molecular complexity index is 1880. The van der Waals surface area contributed by atoms with Gasteiger partial charge < -0.3 is 19.7 Å². The maximum atomic E-state index is 14.1. The van der Waals surface area contributed by atoms with Crippen molar-refractivity contribution >= 4 is 47.9 Å². The first kappa shape index (κ1) is 37.6. The van der Waals surface area contributed by atoms with Gasteiger partial charge in [0.1, 0.15) is 5.75 Å². The van der Waals surface area contributed by atoms with Crippen LogP contribution in [-0.2, 0) is 20.6 Å². The number of phenols is 1. The molecule has 272 valence electrons. The number of hydrogen-bond acceptors (Lipinski definition) is 7. The molecule has 2 aliphatic rings. The van der Waals surface area contributed by atoms with Crippen molar-refractivity contribution < 1.29 is 29.3 Å². The summed E-state index contributed by atoms with van der Waals surface area (Å²) in [6.45, 7) is 8.59. The molecule has 1 aliphatic carbocycles. The largest absolute Gasteiger partial charge is 0.508 e. The first-order valence-electron chi connectivity index (χ1n) is 18.0. The Morgan fingerprint density at radius 2 is 1.63 bits per heavy atom. The molecule has 9 heteroatoms. The molecule has 1 fully saturated rings. The van der Waals surface area contributed by atoms with E-state index in [1.165, 1.54) is 16.2 Å². The average molecular weight is 736 g/mol. The number of imide groups is 1. The molecule has 0 saturated carbocycles. The minimum atomic E-state index is -3.00. The SMILES string of the molecule is C/C(=C\c1cccc(O)c1)CC[C@@H](O)C1=C(CO[Si](c2ccccc2)(c2ccccc2)C(C)(C)C)C[C@H]2C(=O)N(Cc3cccs3)C(=O)[C@H]2[C@H]1CO. The van der Waals surface area contributed by atoms with Crippen LogP contribution in [-0.4, -0.2) is 59.7 Å². The molecule has 0 radical (unpaired) electrons. The van der Waals surface area contributed by atoms with Gasteiger partial charge >= 0.3 is 0 Å². The van der Waals surface area contributed by atoms with Crippen molar-refractivity contribution in [1.82, 2.24) is 4.90 Å². The molecule has 1 aliphatic heterocycles. The summed E-state index contributed by atoms with van der Waals surface area (Å²) in [6.07, 6.45) is 2.18. The number of nitrogens with zero attached hydrogens (tertiary/aromatic N) is 1. The van der Waals surface area contributed by atoms with Gasteiger partial charge in [-0.1, -0.05) is 111 Å². The molecule has 7 nitrogen and oxygen atoms in total. The number of aliphatic hydroxyl groups excluding tert-OH is 2. The van der Waals surface area contributed by atoms with E-state index >= 15 is 0 Å². The van der Waals surface area contributed by atoms with E-state index in [9.17, 15) is 24.9 Å². The molecule has 0 spiro atoms. The number of phenolic OH excluding ortho intramolecular Hbond substituents is 1. The van der Waals surface area contributed by atoms with Crippen LogP contribution in [0.1, 0.15) is 57.4 Å². The molecule has 2 amide bonds. The summed E-state index contributed by atoms with van der Waals surface area (Å²) in [4.78, 5) is 30.4. The maximum absolute atomic E-state index is 14.1. The van der Waals surface area contributed by atoms with Crippen LogP contribution in [0.5, 0.6) is 5.75 Å². The lowest BCUT2D eigenvalue weighted by atomic mass is 9.68. The Labute approximate surface area is 312 Å². The summed E-state index contributed by atoms with van der Waals surface area (Å²) in [6, 6.07) is 31.5. The molecule has 6 rings (SSSR count). The van der Waals surface area contributed by atoms with Crippen LogP contribution in [0.3, 0.4) is 0 Å². The predicted octanol–water partition coefficient (Wildman–Crippen LogP) is 6.68. The second kappa shape index (κ2) is 15.9. The van der Waals surface area contributed by atoms with E-state index < -0.39 is 32.2 Å². The predicted molar refractivity (Wildman–Crippen MR) is 210 cm³/mol. The second-order valence-electron chi connectivity index (χ2n) is 15.1. The number of fused-ring (bicyclic) bond motifs is 1. The molecule has 0 bridgehead atoms. The molecule has 0 unspecified atom stereocenters. The first-order valence-corrected chi connectivity index (χ1v) is 20.8. The Morgan fingerprint density at radius 1 is 0.962 bits per heavy atom. The van der Waals surface area contributed by atoms with E-state index in [1.807, 2.05) is 73.0 Å². The number of likely N-dealkylation sites (tertiary alicyclic amines) is 1. The fourth-order valence-electron chi connectivity index (χ4n) is 8.32. The van der Waals surface area contributed by atoms with E-state index in [0.717, 1.165) is 32.0 Å². The third-order valence-electron chi connectivity index (χ3n) is 10.7. The first-order chi connectivity index (χ1) is 24.9. The number of hydrogen-bond donors (Lipinski definition) is 3. The van der Waals surface area contributed by atoms with Gasteiger partial charge in [-0.05, 0) is 81.9 Å². The lowest BCUT2D eigenvalue weighted by Gasteiger charge is -2.44. The van der Waals surface area contributed by atoms with Crippen LogP contribution < -0.4 is 10.4 Å². The number of amides is 2. The molecule has 52 heavy (non-hydrogen) atoms. The minimum absolute atomic E-state index is 0.157. The Kier molecular flexibility index (Phi) is 11.5. The molecular weight excluding hydrogens is 687 g/mol. The number of rotatable bonds is 13. The summed E-state index contributed by atoms with van der Waals surface area (Å²) in [5, 5.41) is 36.9. The number of thiophene rings is 1. The lowest BCUT2D eigenvalue weighted by Crippen LogP contribution is -2.66. The molecule has 1 saturated heterocycles. The molecule has 2 heterocycles. The van der Waals surface area contributed by atoms with Crippen molar-refractivity contribution in [3.05, 3.63) is 130 Å². The quantitative estimate of drug-likeness (QED) is 0.0804. The third kappa shape index (κ3) is 7.52. The van der Waals surface area contributed by atoms with Crippen LogP contribution in [0, 0.1) is 17.8 Å². The number of carbonyl (C=O) groups excluding carboxylic acids is 2. The summed E-state index contributed by atoms with van der Waals surface area (Å²) >= 11 is 1.50. The Hall–Kier alpha value is -4.12. The zero-order valence-corrected chi connectivity index (χ0v) is 32.2. The summed E-state index contributed by atoms with van der Waals surface area (Å²) in [5.41, 5.74) is 3.28. The fourth-order valence-corrected chi connectivity index (χ4v) is 13.6. The van der Waals surface area contributed by atoms with Gasteiger partial charge in [-0.25, -0.2) is 0 Å². The van der Waals surface area contributed by atoms with Gasteiger partial charge in [0.15, 0.2) is 0 Å². The van der Waals surface area contributed by atoms with Crippen molar-refractivity contribution in [3.63, 3.8) is 0 Å². The smallest absolute Gasteiger partial charge is 0.261 e. The second-order valence-corrected chi connectivity index (χ2v) is 20.5. The van der Waals surface area contributed by atoms with Crippen molar-refractivity contribution in [2.75, 3.05) is 13.2 Å². The normalized spacial score (nSPS) is 20.4. The third-order valence-corrected chi connectivity index (χ3v) is 16.5. The van der Waals surface area contributed by atoms with E-state index in [1.54, 1.807) is 18.2 Å². The zero-order valence-electron chi connectivity index (χ0n) is 30.4. The van der Waals surface area contributed by atoms with Crippen LogP contribution in [0.15, 0.2) is 119 Å². The number of aromatic hydroxyl groups is 1. The van der Waals surface area contributed by atoms with Crippen LogP contribution >= 0.6 is 11.3 Å². The zero-order chi connectivity index (χ0) is 37.0. The van der Waals surface area contributed by atoms with Gasteiger partial charge in [0.2, 0.25) is 11.8 Å². The van der Waals surface area contributed by atoms with Crippen LogP contribution in [0.4, 0.5) is 0 Å². The summed E-state index contributed by atoms with van der Waals surface area (Å²) < 4.78 is 7.36. The molecule has 4 atom stereocenters. The standard InChI is InChI=1S/C43H49NO6SSi/c1-29(23-30-13-11-14-32(46)24-30)20-21-38(47)39-31(25-36-40(37(39)27-45)42(49)44(41(36)48)26-33-15-12-22-51-33)28-50-52(43(2,3)4,34-16-7-5-8-17-34)35-18-9-6-10-19-35/h5-19,22-24,36-38,40,45-47H,20-21,25-28H2,1-4H3/b29-23+/t36-,37+,38-,40-/m1/s1. The van der Waals surface area contributed by atoms with Crippen molar-refractivity contribution in [1.29, 1.82) is 0 Å². The molecule has 4 aromatic rings. The highest BCUT2D eigenvalue weighted by Gasteiger charge is 2.56. The van der Waals surface area contributed by atoms with E-state index in [-0.39, 0.29) is 48.8 Å². The monoisotopic (exact) mass is 735 g/mol. The molecule has 3 N–H and O–H groups in total. The highest BCUT2D eigenvalue weighted by Crippen LogP contribution is 2.47. The van der Waals surface area contributed by atoms with Gasteiger partial charge in [0.05, 0.1) is 37.7 Å². The van der Waals surface area contributed by atoms with Crippen molar-refractivity contribution in [2.45, 2.75) is 64.6 Å². The van der Waals surface area contributed by atoms with Gasteiger partial charge in [-0.15, -0.1) is 11.3 Å². The summed E-state index contributed by atoms with van der Waals surface area (Å²) in [5.74, 6) is -2.48. The highest BCUT2D eigenvalue weighted by atomic mass is 32.1. The molecular formula is C43H49NO6SSi. The Balaban J connectivity index is 1.39. The van der Waals surface area contributed by atoms with E-state index in [2.05, 4.69) is 45.0 Å². The maximum Gasteiger partial charge on any atom is 0.261 e. The van der Waals surface area contributed by atoms with Gasteiger partial charge in [-0.3, -0.25) is 14.5 Å². The van der Waals surface area contributed by atoms with Crippen molar-refractivity contribution in [2.24, 2.45) is 17.8 Å². The fraction of sp³-hybridized carbons (Fsp3) is 0.349. The Morgan fingerprint density at radius 3 is 2.21 bits per heavy atom. The van der Waals surface area contributed by atoms with E-state index in [4.69, 9.17) is 4.43 Å². The van der Waals surface area contributed by atoms with Gasteiger partial charge in [-0.2, -0.15) is 0 Å². The topological polar surface area (TPSA) is 107 Å². The van der Waals surface area contributed by atoms with Crippen molar-refractivity contribution in [3.8, 4) is 5.75 Å². The number of allylic oxidation sites excluding steroid dienone is 1. The number of benzene rings is 3. The summed E-state index contributed by atoms with van der Waals surface area (Å²) in [7, 11) is -3.00. The molecule has 1 aromatic heterocycles. The van der Waals surface area contributed by atoms with Gasteiger partial charge in [0.25, 0.3) is 8.32 Å². The van der Waals surface area contributed by atoms with Gasteiger partial charge in [0, 0.05) is 10.8 Å². The number of aliphatic hydroxyl groups is 2. The average Bonchev–Trinajstić information content (AvgIpc) is 3.73. The van der Waals surface area contributed by atoms with Crippen LogP contribution in [0.25, 0.3) is 6.08 Å². The minimum Gasteiger partial charge on any atom is -0.508 e. The highest BCUT2D eigenvalue weighted by molar-refractivity contribution is 7.09. The van der Waals surface area contributed by atoms with E-state index in [0.29, 0.717) is 18.4 Å². The molecule has 3 aromatic carbocycles. The van der Waals surface area contributed by atoms with Crippen LogP contribution in [0.2, 0.25) is 5.04 Å². The lowest BCUT2D eigenvalue weighted by molar-refractivity contribution is -0.140.